The lowest BCUT2D eigenvalue weighted by atomic mass is 9.76. The average molecular weight is 373 g/mol. The van der Waals surface area contributed by atoms with E-state index in [2.05, 4.69) is 21.3 Å². The van der Waals surface area contributed by atoms with Crippen molar-refractivity contribution in [2.45, 2.75) is 25.3 Å². The Morgan fingerprint density at radius 1 is 1.14 bits per heavy atom. The van der Waals surface area contributed by atoms with E-state index in [1.165, 1.54) is 19.3 Å². The molecular formula is C14H21Cl4N3. The molecule has 0 spiro atoms. The lowest BCUT2D eigenvalue weighted by molar-refractivity contribution is 0.0835. The molecule has 3 nitrogen and oxygen atoms in total. The van der Waals surface area contributed by atoms with E-state index in [9.17, 15) is 0 Å². The van der Waals surface area contributed by atoms with E-state index in [0.29, 0.717) is 16.3 Å². The maximum atomic E-state index is 6.33. The predicted octanol–water partition coefficient (Wildman–Crippen LogP) is 3.98. The van der Waals surface area contributed by atoms with Crippen LogP contribution < -0.4 is 5.32 Å². The van der Waals surface area contributed by atoms with Gasteiger partial charge in [0.25, 0.3) is 0 Å². The van der Waals surface area contributed by atoms with Crippen molar-refractivity contribution in [2.24, 2.45) is 5.92 Å². The zero-order valence-electron chi connectivity index (χ0n) is 11.7. The van der Waals surface area contributed by atoms with Gasteiger partial charge in [-0.3, -0.25) is 4.90 Å². The molecule has 1 saturated carbocycles. The second-order valence-electron chi connectivity index (χ2n) is 5.44. The Labute approximate surface area is 148 Å². The van der Waals surface area contributed by atoms with Crippen molar-refractivity contribution in [3.05, 3.63) is 28.0 Å². The van der Waals surface area contributed by atoms with Gasteiger partial charge < -0.3 is 5.32 Å². The van der Waals surface area contributed by atoms with Crippen molar-refractivity contribution in [3.63, 3.8) is 0 Å². The standard InChI is InChI=1S/C14H19Cl2N3.2ClH/c15-12-5-4-11(14(16)18-12)13(10-2-1-3-10)19-8-6-17-7-9-19;;/h4-5,10,13,17H,1-3,6-9H2;2*1H/t13-;;/m0../s1. The second-order valence-corrected chi connectivity index (χ2v) is 6.18. The number of hydrogen-bond acceptors (Lipinski definition) is 3. The lowest BCUT2D eigenvalue weighted by Crippen LogP contribution is -2.48. The zero-order chi connectivity index (χ0) is 13.2. The first-order valence-corrected chi connectivity index (χ1v) is 7.78. The third-order valence-electron chi connectivity index (χ3n) is 4.30. The highest BCUT2D eigenvalue weighted by atomic mass is 35.5. The molecule has 1 N–H and O–H groups in total. The fourth-order valence-electron chi connectivity index (χ4n) is 3.11. The molecule has 0 amide bonds. The molecular weight excluding hydrogens is 352 g/mol. The number of piperazine rings is 1. The van der Waals surface area contributed by atoms with Crippen molar-refractivity contribution in [1.82, 2.24) is 15.2 Å². The van der Waals surface area contributed by atoms with Crippen molar-refractivity contribution >= 4 is 48.0 Å². The summed E-state index contributed by atoms with van der Waals surface area (Å²) in [6.45, 7) is 4.28. The number of aromatic nitrogens is 1. The third-order valence-corrected chi connectivity index (χ3v) is 4.82. The largest absolute Gasteiger partial charge is 0.314 e. The molecule has 1 saturated heterocycles. The lowest BCUT2D eigenvalue weighted by Gasteiger charge is -2.43. The molecule has 0 radical (unpaired) electrons. The molecule has 1 aliphatic heterocycles. The summed E-state index contributed by atoms with van der Waals surface area (Å²) in [7, 11) is 0. The minimum Gasteiger partial charge on any atom is -0.314 e. The van der Waals surface area contributed by atoms with E-state index >= 15 is 0 Å². The molecule has 1 aliphatic carbocycles. The highest BCUT2D eigenvalue weighted by Crippen LogP contribution is 2.43. The molecule has 1 atom stereocenters. The van der Waals surface area contributed by atoms with Gasteiger partial charge in [0.1, 0.15) is 10.3 Å². The van der Waals surface area contributed by atoms with E-state index in [1.54, 1.807) is 0 Å². The Morgan fingerprint density at radius 2 is 1.81 bits per heavy atom. The Kier molecular flexibility index (Phi) is 8.04. The number of halogens is 4. The summed E-state index contributed by atoms with van der Waals surface area (Å²) in [5, 5.41) is 4.45. The van der Waals surface area contributed by atoms with Crippen LogP contribution in [0.4, 0.5) is 0 Å². The van der Waals surface area contributed by atoms with Crippen molar-refractivity contribution in [1.29, 1.82) is 0 Å². The van der Waals surface area contributed by atoms with Crippen LogP contribution in [0.15, 0.2) is 12.1 Å². The number of nitrogens with one attached hydrogen (secondary N) is 1. The molecule has 1 aromatic rings. The molecule has 0 aromatic carbocycles. The first-order chi connectivity index (χ1) is 9.25. The first-order valence-electron chi connectivity index (χ1n) is 7.02. The summed E-state index contributed by atoms with van der Waals surface area (Å²) >= 11 is 12.2. The average Bonchev–Trinajstić information content (AvgIpc) is 2.35. The molecule has 120 valence electrons. The maximum absolute atomic E-state index is 6.33. The van der Waals surface area contributed by atoms with Crippen LogP contribution in [0, 0.1) is 5.92 Å². The van der Waals surface area contributed by atoms with Crippen LogP contribution in [0.1, 0.15) is 30.9 Å². The Morgan fingerprint density at radius 3 is 2.33 bits per heavy atom. The van der Waals surface area contributed by atoms with E-state index < -0.39 is 0 Å². The number of hydrogen-bond donors (Lipinski definition) is 1. The summed E-state index contributed by atoms with van der Waals surface area (Å²) in [5.74, 6) is 0.721. The first kappa shape index (κ1) is 19.3. The van der Waals surface area contributed by atoms with Gasteiger partial charge in [-0.2, -0.15) is 0 Å². The summed E-state index contributed by atoms with van der Waals surface area (Å²) < 4.78 is 0. The van der Waals surface area contributed by atoms with Crippen LogP contribution in [-0.2, 0) is 0 Å². The van der Waals surface area contributed by atoms with Crippen molar-refractivity contribution < 1.29 is 0 Å². The van der Waals surface area contributed by atoms with Gasteiger partial charge in [-0.05, 0) is 24.8 Å². The number of nitrogens with zero attached hydrogens (tertiary/aromatic N) is 2. The van der Waals surface area contributed by atoms with Gasteiger partial charge >= 0.3 is 0 Å². The van der Waals surface area contributed by atoms with Crippen molar-refractivity contribution in [3.8, 4) is 0 Å². The second kappa shape index (κ2) is 8.76. The van der Waals surface area contributed by atoms with Gasteiger partial charge in [-0.1, -0.05) is 35.7 Å². The number of pyridine rings is 1. The van der Waals surface area contributed by atoms with Gasteiger partial charge in [-0.25, -0.2) is 4.98 Å². The fourth-order valence-corrected chi connectivity index (χ4v) is 3.56. The summed E-state index contributed by atoms with van der Waals surface area (Å²) in [6, 6.07) is 4.33. The van der Waals surface area contributed by atoms with Crippen LogP contribution in [0.25, 0.3) is 0 Å². The summed E-state index contributed by atoms with van der Waals surface area (Å²) in [6.07, 6.45) is 3.94. The van der Waals surface area contributed by atoms with Crippen LogP contribution in [0.2, 0.25) is 10.3 Å². The predicted molar refractivity (Wildman–Crippen MR) is 93.3 cm³/mol. The molecule has 7 heteroatoms. The highest BCUT2D eigenvalue weighted by Gasteiger charge is 2.34. The monoisotopic (exact) mass is 371 g/mol. The SMILES string of the molecule is Cl.Cl.Clc1ccc([C@H](C2CCC2)N2CCNCC2)c(Cl)n1. The Bertz CT molecular complexity index is 448. The van der Waals surface area contributed by atoms with E-state index in [0.717, 1.165) is 37.7 Å². The molecule has 1 aromatic heterocycles. The van der Waals surface area contributed by atoms with Crippen LogP contribution in [-0.4, -0.2) is 36.1 Å². The van der Waals surface area contributed by atoms with Crippen LogP contribution >= 0.6 is 48.0 Å². The molecule has 2 heterocycles. The normalized spacial score (nSPS) is 20.9. The summed E-state index contributed by atoms with van der Waals surface area (Å²) in [4.78, 5) is 6.77. The molecule has 21 heavy (non-hydrogen) atoms. The van der Waals surface area contributed by atoms with Crippen LogP contribution in [0.3, 0.4) is 0 Å². The molecule has 2 fully saturated rings. The maximum Gasteiger partial charge on any atom is 0.135 e. The Hall–Kier alpha value is 0.230. The van der Waals surface area contributed by atoms with Gasteiger partial charge in [0.2, 0.25) is 0 Å². The fraction of sp³-hybridized carbons (Fsp3) is 0.643. The molecule has 3 rings (SSSR count). The van der Waals surface area contributed by atoms with Gasteiger partial charge in [-0.15, -0.1) is 24.8 Å². The minimum absolute atomic E-state index is 0. The van der Waals surface area contributed by atoms with Gasteiger partial charge in [0.05, 0.1) is 0 Å². The number of rotatable bonds is 3. The quantitative estimate of drug-likeness (QED) is 0.813. The Balaban J connectivity index is 0.00000110. The van der Waals surface area contributed by atoms with E-state index in [-0.39, 0.29) is 24.8 Å². The highest BCUT2D eigenvalue weighted by molar-refractivity contribution is 6.32. The van der Waals surface area contributed by atoms with Gasteiger partial charge in [0, 0.05) is 37.8 Å². The zero-order valence-corrected chi connectivity index (χ0v) is 14.9. The minimum atomic E-state index is 0. The smallest absolute Gasteiger partial charge is 0.135 e. The third kappa shape index (κ3) is 4.37. The van der Waals surface area contributed by atoms with Crippen molar-refractivity contribution in [2.75, 3.05) is 26.2 Å². The topological polar surface area (TPSA) is 28.2 Å². The van der Waals surface area contributed by atoms with E-state index in [1.807, 2.05) is 6.07 Å². The molecule has 2 aliphatic rings. The van der Waals surface area contributed by atoms with E-state index in [4.69, 9.17) is 23.2 Å². The molecule has 0 bridgehead atoms. The summed E-state index contributed by atoms with van der Waals surface area (Å²) in [5.41, 5.74) is 1.15. The van der Waals surface area contributed by atoms with Gasteiger partial charge in [0.15, 0.2) is 0 Å². The molecule has 0 unspecified atom stereocenters. The van der Waals surface area contributed by atoms with Crippen LogP contribution in [0.5, 0.6) is 0 Å².